The zero-order valence-electron chi connectivity index (χ0n) is 9.43. The Kier molecular flexibility index (Phi) is 4.55. The number of ether oxygens (including phenoxy) is 1. The minimum absolute atomic E-state index is 0.371. The predicted molar refractivity (Wildman–Crippen MR) is 60.0 cm³/mol. The summed E-state index contributed by atoms with van der Waals surface area (Å²) in [6.45, 7) is 2.74. The number of likely N-dealkylation sites (N-methyl/N-ethyl adjacent to an activating group) is 1. The maximum Gasteiger partial charge on any atom is 0.129 e. The van der Waals surface area contributed by atoms with Gasteiger partial charge in [-0.25, -0.2) is 0 Å². The highest BCUT2D eigenvalue weighted by atomic mass is 16.5. The van der Waals surface area contributed by atoms with Gasteiger partial charge in [0.15, 0.2) is 0 Å². The van der Waals surface area contributed by atoms with E-state index in [1.54, 1.807) is 12.1 Å². The molecule has 0 aromatic heterocycles. The molecule has 1 unspecified atom stereocenters. The Labute approximate surface area is 90.4 Å². The monoisotopic (exact) mass is 210 g/mol. The van der Waals surface area contributed by atoms with Crippen molar-refractivity contribution in [3.8, 4) is 5.75 Å². The van der Waals surface area contributed by atoms with Crippen molar-refractivity contribution in [1.29, 1.82) is 0 Å². The molecule has 1 aromatic carbocycles. The van der Waals surface area contributed by atoms with Crippen LogP contribution >= 0.6 is 0 Å². The van der Waals surface area contributed by atoms with E-state index in [1.165, 1.54) is 0 Å². The van der Waals surface area contributed by atoms with E-state index in [4.69, 9.17) is 4.74 Å². The number of nitrogens with zero attached hydrogens (tertiary/aromatic N) is 1. The van der Waals surface area contributed by atoms with Crippen LogP contribution in [0.5, 0.6) is 5.75 Å². The van der Waals surface area contributed by atoms with Crippen LogP contribution in [0.1, 0.15) is 6.92 Å². The van der Waals surface area contributed by atoms with Gasteiger partial charge in [-0.1, -0.05) is 0 Å². The van der Waals surface area contributed by atoms with Crippen LogP contribution in [-0.2, 0) is 0 Å². The lowest BCUT2D eigenvalue weighted by molar-refractivity contribution is -0.497. The van der Waals surface area contributed by atoms with Gasteiger partial charge in [0.1, 0.15) is 18.0 Å². The third kappa shape index (κ3) is 3.87. The van der Waals surface area contributed by atoms with Gasteiger partial charge in [-0.15, -0.1) is 0 Å². The second-order valence-electron chi connectivity index (χ2n) is 3.81. The Balaban J connectivity index is 2.44. The van der Waals surface area contributed by atoms with Crippen molar-refractivity contribution in [1.82, 2.24) is 4.90 Å². The number of rotatable bonds is 5. The van der Waals surface area contributed by atoms with Crippen LogP contribution in [0.3, 0.4) is 0 Å². The molecule has 84 valence electrons. The minimum atomic E-state index is 0.371. The fourth-order valence-corrected chi connectivity index (χ4v) is 1.01. The zero-order valence-corrected chi connectivity index (χ0v) is 9.43. The molecule has 1 rings (SSSR count). The maximum absolute atomic E-state index is 10.4. The average molecular weight is 210 g/mol. The molecule has 4 heteroatoms. The van der Waals surface area contributed by atoms with E-state index in [-0.39, 0.29) is 0 Å². The second-order valence-corrected chi connectivity index (χ2v) is 3.81. The van der Waals surface area contributed by atoms with Gasteiger partial charge in [-0.3, -0.25) is 0 Å². The van der Waals surface area contributed by atoms with E-state index >= 15 is 0 Å². The van der Waals surface area contributed by atoms with Gasteiger partial charge >= 0.3 is 0 Å². The van der Waals surface area contributed by atoms with Crippen LogP contribution in [0.4, 0.5) is 5.69 Å². The molecular formula is C11H18N2O2. The van der Waals surface area contributed by atoms with Crippen molar-refractivity contribution in [2.24, 2.45) is 0 Å². The minimum Gasteiger partial charge on any atom is -0.630 e. The van der Waals surface area contributed by atoms with E-state index in [9.17, 15) is 5.21 Å². The van der Waals surface area contributed by atoms with Crippen molar-refractivity contribution in [2.75, 3.05) is 20.7 Å². The molecule has 0 fully saturated rings. The van der Waals surface area contributed by atoms with Crippen LogP contribution in [0.2, 0.25) is 0 Å². The zero-order chi connectivity index (χ0) is 11.3. The van der Waals surface area contributed by atoms with Gasteiger partial charge in [0.2, 0.25) is 0 Å². The number of nitrogens with two attached hydrogens (primary N) is 1. The van der Waals surface area contributed by atoms with Crippen molar-refractivity contribution in [3.05, 3.63) is 29.5 Å². The van der Waals surface area contributed by atoms with E-state index in [1.807, 2.05) is 26.2 Å². The lowest BCUT2D eigenvalue weighted by atomic mass is 10.3. The first-order valence-corrected chi connectivity index (χ1v) is 4.98. The predicted octanol–water partition coefficient (Wildman–Crippen LogP) is 0.708. The van der Waals surface area contributed by atoms with Crippen LogP contribution in [0.15, 0.2) is 24.3 Å². The summed E-state index contributed by atoms with van der Waals surface area (Å²) in [5.74, 6) is 0.800. The fraction of sp³-hybridized carbons (Fsp3) is 0.455. The standard InChI is InChI=1S/C11H18N2O2/c1-9(13(2)3)8-15-11-6-4-10(12-14)5-7-11/h4-7,9H,8,12H2,1-3H3. The van der Waals surface area contributed by atoms with Gasteiger partial charge in [0, 0.05) is 18.2 Å². The van der Waals surface area contributed by atoms with Gasteiger partial charge in [0.25, 0.3) is 0 Å². The maximum atomic E-state index is 10.4. The Morgan fingerprint density at radius 1 is 1.33 bits per heavy atom. The third-order valence-electron chi connectivity index (χ3n) is 2.39. The SMILES string of the molecule is CC(COc1ccc([NH2+][O-])cc1)N(C)C. The lowest BCUT2D eigenvalue weighted by Crippen LogP contribution is -2.70. The number of hydrogen-bond donors (Lipinski definition) is 1. The number of benzene rings is 1. The molecule has 0 aliphatic carbocycles. The summed E-state index contributed by atoms with van der Waals surface area (Å²) in [6, 6.07) is 7.50. The van der Waals surface area contributed by atoms with Crippen molar-refractivity contribution in [2.45, 2.75) is 13.0 Å². The summed E-state index contributed by atoms with van der Waals surface area (Å²) in [7, 11) is 4.03. The highest BCUT2D eigenvalue weighted by Crippen LogP contribution is 2.12. The van der Waals surface area contributed by atoms with Crippen molar-refractivity contribution in [3.63, 3.8) is 0 Å². The highest BCUT2D eigenvalue weighted by molar-refractivity contribution is 5.35. The fourth-order valence-electron chi connectivity index (χ4n) is 1.01. The molecule has 15 heavy (non-hydrogen) atoms. The van der Waals surface area contributed by atoms with Crippen LogP contribution in [0, 0.1) is 5.21 Å². The molecule has 1 aromatic rings. The van der Waals surface area contributed by atoms with Gasteiger partial charge < -0.3 is 20.3 Å². The Morgan fingerprint density at radius 2 is 1.93 bits per heavy atom. The largest absolute Gasteiger partial charge is 0.630 e. The molecule has 4 nitrogen and oxygen atoms in total. The van der Waals surface area contributed by atoms with Gasteiger partial charge in [-0.05, 0) is 33.2 Å². The molecule has 0 saturated heterocycles. The number of hydrogen-bond acceptors (Lipinski definition) is 3. The molecule has 0 radical (unpaired) electrons. The topological polar surface area (TPSA) is 52.1 Å². The molecule has 2 N–H and O–H groups in total. The summed E-state index contributed by atoms with van der Waals surface area (Å²) in [5.41, 5.74) is 1.50. The van der Waals surface area contributed by atoms with Gasteiger partial charge in [0.05, 0.1) is 0 Å². The second kappa shape index (κ2) is 5.70. The first kappa shape index (κ1) is 12.0. The summed E-state index contributed by atoms with van der Waals surface area (Å²) in [6.07, 6.45) is 0. The first-order chi connectivity index (χ1) is 7.13. The molecule has 0 aliphatic heterocycles. The van der Waals surface area contributed by atoms with Crippen LogP contribution in [-0.4, -0.2) is 31.6 Å². The van der Waals surface area contributed by atoms with Crippen molar-refractivity contribution < 1.29 is 10.2 Å². The summed E-state index contributed by atoms with van der Waals surface area (Å²) in [5, 5.41) is 10.4. The molecule has 0 bridgehead atoms. The quantitative estimate of drug-likeness (QED) is 0.575. The van der Waals surface area contributed by atoms with E-state index < -0.39 is 0 Å². The Hall–Kier alpha value is -1.10. The summed E-state index contributed by atoms with van der Waals surface area (Å²) in [4.78, 5) is 2.10. The van der Waals surface area contributed by atoms with Crippen LogP contribution < -0.4 is 10.2 Å². The smallest absolute Gasteiger partial charge is 0.129 e. The van der Waals surface area contributed by atoms with Gasteiger partial charge in [-0.2, -0.15) is 0 Å². The highest BCUT2D eigenvalue weighted by Gasteiger charge is 2.04. The number of quaternary nitrogens is 1. The molecule has 0 spiro atoms. The molecule has 1 atom stereocenters. The molecule has 0 heterocycles. The normalized spacial score (nSPS) is 12.9. The first-order valence-electron chi connectivity index (χ1n) is 4.98. The van der Waals surface area contributed by atoms with E-state index in [0.717, 1.165) is 11.2 Å². The molecular weight excluding hydrogens is 192 g/mol. The lowest BCUT2D eigenvalue weighted by Gasteiger charge is -2.19. The molecule has 0 amide bonds. The molecule has 0 aliphatic rings. The van der Waals surface area contributed by atoms with Crippen LogP contribution in [0.25, 0.3) is 0 Å². The third-order valence-corrected chi connectivity index (χ3v) is 2.39. The molecule has 0 saturated carbocycles. The van der Waals surface area contributed by atoms with Crippen molar-refractivity contribution >= 4 is 5.69 Å². The summed E-state index contributed by atoms with van der Waals surface area (Å²) < 4.78 is 5.57. The Bertz CT molecular complexity index is 285. The van der Waals surface area contributed by atoms with E-state index in [0.29, 0.717) is 18.3 Å². The summed E-state index contributed by atoms with van der Waals surface area (Å²) >= 11 is 0. The van der Waals surface area contributed by atoms with E-state index in [2.05, 4.69) is 11.8 Å². The average Bonchev–Trinajstić information content (AvgIpc) is 2.26. The Morgan fingerprint density at radius 3 is 2.40 bits per heavy atom.